The van der Waals surface area contributed by atoms with Gasteiger partial charge in [-0.15, -0.1) is 5.10 Å². The number of aryl methyl sites for hydroxylation is 1. The maximum absolute atomic E-state index is 12.2. The molecule has 0 fully saturated rings. The highest BCUT2D eigenvalue weighted by molar-refractivity contribution is 7.99. The molecule has 0 aliphatic carbocycles. The summed E-state index contributed by atoms with van der Waals surface area (Å²) < 4.78 is 1.37. The Morgan fingerprint density at radius 1 is 1.07 bits per heavy atom. The van der Waals surface area contributed by atoms with Crippen LogP contribution < -0.4 is 10.9 Å². The van der Waals surface area contributed by atoms with E-state index in [2.05, 4.69) is 58.7 Å². The van der Waals surface area contributed by atoms with Gasteiger partial charge in [0.1, 0.15) is 0 Å². The summed E-state index contributed by atoms with van der Waals surface area (Å²) in [5.41, 5.74) is 1.86. The van der Waals surface area contributed by atoms with Gasteiger partial charge in [-0.3, -0.25) is 4.79 Å². The van der Waals surface area contributed by atoms with E-state index >= 15 is 0 Å². The highest BCUT2D eigenvalue weighted by Gasteiger charge is 2.08. The minimum absolute atomic E-state index is 0.125. The Morgan fingerprint density at radius 3 is 2.57 bits per heavy atom. The highest BCUT2D eigenvalue weighted by atomic mass is 32.2. The fraction of sp³-hybridized carbons (Fsp3) is 0.190. The number of anilines is 1. The van der Waals surface area contributed by atoms with E-state index in [9.17, 15) is 4.79 Å². The molecule has 2 aromatic heterocycles. The molecule has 0 aliphatic heterocycles. The smallest absolute Gasteiger partial charge is 0.275 e. The van der Waals surface area contributed by atoms with Crippen molar-refractivity contribution in [1.29, 1.82) is 0 Å². The first kappa shape index (κ1) is 18.7. The van der Waals surface area contributed by atoms with Gasteiger partial charge in [0.05, 0.1) is 0 Å². The molecule has 2 aromatic carbocycles. The van der Waals surface area contributed by atoms with Gasteiger partial charge in [0, 0.05) is 28.1 Å². The second-order valence-corrected chi connectivity index (χ2v) is 8.45. The van der Waals surface area contributed by atoms with E-state index in [0.717, 1.165) is 24.1 Å². The van der Waals surface area contributed by atoms with Crippen LogP contribution in [0.15, 0.2) is 75.2 Å². The zero-order valence-corrected chi connectivity index (χ0v) is 17.1. The molecule has 0 atom stereocenters. The molecule has 0 amide bonds. The van der Waals surface area contributed by atoms with Gasteiger partial charge in [-0.1, -0.05) is 66.8 Å². The summed E-state index contributed by atoms with van der Waals surface area (Å²) in [7, 11) is 0. The van der Waals surface area contributed by atoms with E-state index in [4.69, 9.17) is 0 Å². The van der Waals surface area contributed by atoms with Gasteiger partial charge >= 0.3 is 0 Å². The Balaban J connectivity index is 1.42. The second-order valence-electron chi connectivity index (χ2n) is 6.35. The van der Waals surface area contributed by atoms with Crippen molar-refractivity contribution in [2.45, 2.75) is 36.1 Å². The van der Waals surface area contributed by atoms with Gasteiger partial charge in [-0.25, -0.2) is 4.98 Å². The van der Waals surface area contributed by atoms with Crippen molar-refractivity contribution < 1.29 is 0 Å². The topological polar surface area (TPSA) is 59.3 Å². The van der Waals surface area contributed by atoms with Crippen LogP contribution in [0.2, 0.25) is 0 Å². The third kappa shape index (κ3) is 4.43. The van der Waals surface area contributed by atoms with Crippen LogP contribution in [-0.2, 0) is 13.0 Å². The largest absolute Gasteiger partial charge is 0.356 e. The number of fused-ring (bicyclic) bond motifs is 1. The number of aromatic nitrogens is 3. The quantitative estimate of drug-likeness (QED) is 0.473. The van der Waals surface area contributed by atoms with Crippen molar-refractivity contribution in [3.8, 4) is 0 Å². The van der Waals surface area contributed by atoms with Crippen molar-refractivity contribution in [2.24, 2.45) is 0 Å². The van der Waals surface area contributed by atoms with Crippen molar-refractivity contribution in [3.05, 3.63) is 82.3 Å². The predicted octanol–water partition coefficient (Wildman–Crippen LogP) is 4.87. The lowest BCUT2D eigenvalue weighted by atomic mass is 10.2. The lowest BCUT2D eigenvalue weighted by Gasteiger charge is -2.05. The molecule has 4 aromatic rings. The van der Waals surface area contributed by atoms with Crippen molar-refractivity contribution in [3.63, 3.8) is 0 Å². The van der Waals surface area contributed by atoms with E-state index in [1.165, 1.54) is 25.6 Å². The second kappa shape index (κ2) is 8.58. The number of rotatable bonds is 7. The summed E-state index contributed by atoms with van der Waals surface area (Å²) in [6, 6.07) is 20.4. The van der Waals surface area contributed by atoms with E-state index in [1.807, 2.05) is 18.2 Å². The monoisotopic (exact) mass is 408 g/mol. The van der Waals surface area contributed by atoms with Crippen LogP contribution in [-0.4, -0.2) is 14.6 Å². The molecule has 0 spiro atoms. The first-order chi connectivity index (χ1) is 13.7. The SMILES string of the molecule is CCCc1cc(=O)n2nc(NCc3ccc(Sc4ccccc4)cc3)sc2n1. The summed E-state index contributed by atoms with van der Waals surface area (Å²) in [5, 5.41) is 8.34. The third-order valence-electron chi connectivity index (χ3n) is 4.15. The summed E-state index contributed by atoms with van der Waals surface area (Å²) in [6.45, 7) is 2.72. The third-order valence-corrected chi connectivity index (χ3v) is 6.03. The predicted molar refractivity (Wildman–Crippen MR) is 115 cm³/mol. The van der Waals surface area contributed by atoms with Crippen LogP contribution in [0, 0.1) is 0 Å². The van der Waals surface area contributed by atoms with Gasteiger partial charge in [-0.2, -0.15) is 4.52 Å². The molecule has 2 heterocycles. The minimum Gasteiger partial charge on any atom is -0.356 e. The molecule has 0 aliphatic rings. The van der Waals surface area contributed by atoms with Crippen LogP contribution in [0.4, 0.5) is 5.13 Å². The fourth-order valence-electron chi connectivity index (χ4n) is 2.79. The summed E-state index contributed by atoms with van der Waals surface area (Å²) in [5.74, 6) is 0. The molecule has 0 saturated carbocycles. The van der Waals surface area contributed by atoms with Crippen molar-refractivity contribution in [1.82, 2.24) is 14.6 Å². The number of hydrogen-bond donors (Lipinski definition) is 1. The summed E-state index contributed by atoms with van der Waals surface area (Å²) in [6.07, 6.45) is 1.77. The van der Waals surface area contributed by atoms with Gasteiger partial charge in [0.2, 0.25) is 10.1 Å². The molecule has 0 bridgehead atoms. The number of benzene rings is 2. The van der Waals surface area contributed by atoms with Crippen molar-refractivity contribution >= 4 is 33.2 Å². The molecule has 142 valence electrons. The van der Waals surface area contributed by atoms with Gasteiger partial charge in [0.25, 0.3) is 5.56 Å². The highest BCUT2D eigenvalue weighted by Crippen LogP contribution is 2.27. The standard InChI is InChI=1S/C21H20N4OS2/c1-2-6-16-13-19(26)25-21(23-16)28-20(24-25)22-14-15-9-11-18(12-10-15)27-17-7-4-3-5-8-17/h3-5,7-13H,2,6,14H2,1H3,(H,22,24). The van der Waals surface area contributed by atoms with Gasteiger partial charge in [0.15, 0.2) is 0 Å². The number of nitrogens with one attached hydrogen (secondary N) is 1. The van der Waals surface area contributed by atoms with E-state index in [0.29, 0.717) is 16.6 Å². The van der Waals surface area contributed by atoms with Crippen LogP contribution in [0.5, 0.6) is 0 Å². The Labute approximate surface area is 171 Å². The van der Waals surface area contributed by atoms with Crippen LogP contribution in [0.3, 0.4) is 0 Å². The molecule has 0 saturated heterocycles. The zero-order valence-electron chi connectivity index (χ0n) is 15.5. The summed E-state index contributed by atoms with van der Waals surface area (Å²) >= 11 is 3.14. The fourth-order valence-corrected chi connectivity index (χ4v) is 4.45. The lowest BCUT2D eigenvalue weighted by Crippen LogP contribution is -2.15. The molecule has 5 nitrogen and oxygen atoms in total. The van der Waals surface area contributed by atoms with Crippen LogP contribution in [0.1, 0.15) is 24.6 Å². The average molecular weight is 409 g/mol. The molecule has 0 unspecified atom stereocenters. The van der Waals surface area contributed by atoms with E-state index in [1.54, 1.807) is 17.8 Å². The maximum Gasteiger partial charge on any atom is 0.275 e. The molecule has 28 heavy (non-hydrogen) atoms. The zero-order chi connectivity index (χ0) is 19.3. The molecular weight excluding hydrogens is 388 g/mol. The first-order valence-electron chi connectivity index (χ1n) is 9.17. The Kier molecular flexibility index (Phi) is 5.73. The molecule has 1 N–H and O–H groups in total. The first-order valence-corrected chi connectivity index (χ1v) is 10.8. The molecule has 7 heteroatoms. The lowest BCUT2D eigenvalue weighted by molar-refractivity contribution is 0.839. The van der Waals surface area contributed by atoms with Crippen LogP contribution in [0.25, 0.3) is 4.96 Å². The van der Waals surface area contributed by atoms with E-state index in [-0.39, 0.29) is 5.56 Å². The normalized spacial score (nSPS) is 11.0. The van der Waals surface area contributed by atoms with Crippen molar-refractivity contribution in [2.75, 3.05) is 5.32 Å². The van der Waals surface area contributed by atoms with Crippen LogP contribution >= 0.6 is 23.1 Å². The molecule has 4 rings (SSSR count). The summed E-state index contributed by atoms with van der Waals surface area (Å²) in [4.78, 5) is 19.8. The number of nitrogens with zero attached hydrogens (tertiary/aromatic N) is 3. The van der Waals surface area contributed by atoms with E-state index < -0.39 is 0 Å². The molecule has 0 radical (unpaired) electrons. The van der Waals surface area contributed by atoms with Gasteiger partial charge in [-0.05, 0) is 36.2 Å². The van der Waals surface area contributed by atoms with Gasteiger partial charge < -0.3 is 5.32 Å². The molecular formula is C21H20N4OS2. The minimum atomic E-state index is -0.125. The maximum atomic E-state index is 12.2. The average Bonchev–Trinajstić information content (AvgIpc) is 3.12. The number of hydrogen-bond acceptors (Lipinski definition) is 6. The Morgan fingerprint density at radius 2 is 1.82 bits per heavy atom. The Bertz CT molecular complexity index is 1120. The Hall–Kier alpha value is -2.64.